The van der Waals surface area contributed by atoms with Crippen LogP contribution >= 0.6 is 0 Å². The van der Waals surface area contributed by atoms with Crippen LogP contribution in [0.4, 0.5) is 4.39 Å². The molecular formula is C21H27FN6O. The number of halogens is 1. The molecule has 3 rings (SSSR count). The maximum absolute atomic E-state index is 13.0. The van der Waals surface area contributed by atoms with Gasteiger partial charge in [0, 0.05) is 25.7 Å². The summed E-state index contributed by atoms with van der Waals surface area (Å²) in [7, 11) is 0. The second kappa shape index (κ2) is 10.4. The van der Waals surface area contributed by atoms with E-state index >= 15 is 0 Å². The summed E-state index contributed by atoms with van der Waals surface area (Å²) in [6.07, 6.45) is 3.58. The van der Waals surface area contributed by atoms with Crippen LogP contribution in [0.25, 0.3) is 5.65 Å². The molecule has 2 aromatic heterocycles. The lowest BCUT2D eigenvalue weighted by molar-refractivity contribution is 0.230. The van der Waals surface area contributed by atoms with E-state index in [-0.39, 0.29) is 11.9 Å². The van der Waals surface area contributed by atoms with Crippen LogP contribution < -0.4 is 15.4 Å². The molecule has 0 saturated heterocycles. The Morgan fingerprint density at radius 1 is 1.17 bits per heavy atom. The standard InChI is InChI=1S/C21H27FN6O/c1-3-23-21(25-15-16(2)29-18-11-9-17(22)10-12-18)24-13-6-8-20-27-26-19-7-4-5-14-28(19)20/h4-5,7,9-12,14,16H,3,6,8,13,15H2,1-2H3,(H2,23,24,25). The van der Waals surface area contributed by atoms with Crippen molar-refractivity contribution in [2.24, 2.45) is 4.99 Å². The minimum absolute atomic E-state index is 0.127. The summed E-state index contributed by atoms with van der Waals surface area (Å²) in [4.78, 5) is 4.57. The van der Waals surface area contributed by atoms with Crippen LogP contribution in [0.1, 0.15) is 26.1 Å². The Labute approximate surface area is 170 Å². The molecule has 29 heavy (non-hydrogen) atoms. The smallest absolute Gasteiger partial charge is 0.191 e. The van der Waals surface area contributed by atoms with E-state index in [1.165, 1.54) is 12.1 Å². The molecule has 0 aliphatic rings. The zero-order valence-electron chi connectivity index (χ0n) is 16.8. The molecule has 1 atom stereocenters. The second-order valence-corrected chi connectivity index (χ2v) is 6.68. The summed E-state index contributed by atoms with van der Waals surface area (Å²) in [5.74, 6) is 2.05. The fourth-order valence-electron chi connectivity index (χ4n) is 2.86. The molecule has 2 N–H and O–H groups in total. The molecule has 0 radical (unpaired) electrons. The molecule has 0 spiro atoms. The first-order chi connectivity index (χ1) is 14.2. The summed E-state index contributed by atoms with van der Waals surface area (Å²) in [5, 5.41) is 15.0. The summed E-state index contributed by atoms with van der Waals surface area (Å²) >= 11 is 0. The number of benzene rings is 1. The molecule has 0 amide bonds. The Balaban J connectivity index is 1.45. The first-order valence-corrected chi connectivity index (χ1v) is 9.88. The molecule has 0 saturated carbocycles. The van der Waals surface area contributed by atoms with Crippen molar-refractivity contribution in [3.8, 4) is 5.75 Å². The van der Waals surface area contributed by atoms with Gasteiger partial charge in [0.05, 0.1) is 6.54 Å². The SMILES string of the molecule is CCNC(=NCC(C)Oc1ccc(F)cc1)NCCCc1nnc2ccccn12. The summed E-state index contributed by atoms with van der Waals surface area (Å²) in [5.41, 5.74) is 0.862. The highest BCUT2D eigenvalue weighted by atomic mass is 19.1. The maximum Gasteiger partial charge on any atom is 0.191 e. The van der Waals surface area contributed by atoms with Crippen LogP contribution in [-0.2, 0) is 6.42 Å². The van der Waals surface area contributed by atoms with E-state index in [2.05, 4.69) is 25.8 Å². The number of rotatable bonds is 9. The summed E-state index contributed by atoms with van der Waals surface area (Å²) < 4.78 is 20.7. The van der Waals surface area contributed by atoms with Gasteiger partial charge >= 0.3 is 0 Å². The highest BCUT2D eigenvalue weighted by Crippen LogP contribution is 2.13. The molecule has 154 valence electrons. The van der Waals surface area contributed by atoms with Gasteiger partial charge in [-0.05, 0) is 56.7 Å². The van der Waals surface area contributed by atoms with Crippen LogP contribution in [-0.4, -0.2) is 46.3 Å². The first-order valence-electron chi connectivity index (χ1n) is 9.88. The average Bonchev–Trinajstić information content (AvgIpc) is 3.14. The summed E-state index contributed by atoms with van der Waals surface area (Å²) in [6, 6.07) is 11.9. The van der Waals surface area contributed by atoms with E-state index in [1.54, 1.807) is 12.1 Å². The molecule has 0 bridgehead atoms. The number of hydrogen-bond acceptors (Lipinski definition) is 4. The molecule has 1 unspecified atom stereocenters. The largest absolute Gasteiger partial charge is 0.489 e. The zero-order valence-corrected chi connectivity index (χ0v) is 16.8. The van der Waals surface area contributed by atoms with Gasteiger partial charge in [-0.25, -0.2) is 9.38 Å². The minimum Gasteiger partial charge on any atom is -0.489 e. The highest BCUT2D eigenvalue weighted by molar-refractivity contribution is 5.79. The molecule has 8 heteroatoms. The van der Waals surface area contributed by atoms with Gasteiger partial charge in [-0.2, -0.15) is 0 Å². The quantitative estimate of drug-likeness (QED) is 0.329. The number of nitrogens with zero attached hydrogens (tertiary/aromatic N) is 4. The lowest BCUT2D eigenvalue weighted by atomic mass is 10.3. The van der Waals surface area contributed by atoms with Gasteiger partial charge in [-0.3, -0.25) is 4.40 Å². The van der Waals surface area contributed by atoms with E-state index in [4.69, 9.17) is 4.74 Å². The van der Waals surface area contributed by atoms with Crippen molar-refractivity contribution in [2.75, 3.05) is 19.6 Å². The molecule has 3 aromatic rings. The molecule has 0 aliphatic heterocycles. The molecule has 0 fully saturated rings. The molecule has 2 heterocycles. The van der Waals surface area contributed by atoms with Crippen LogP contribution in [0.5, 0.6) is 5.75 Å². The third-order valence-corrected chi connectivity index (χ3v) is 4.26. The van der Waals surface area contributed by atoms with Crippen molar-refractivity contribution in [2.45, 2.75) is 32.8 Å². The number of fused-ring (bicyclic) bond motifs is 1. The van der Waals surface area contributed by atoms with Crippen LogP contribution in [0.3, 0.4) is 0 Å². The Hall–Kier alpha value is -3.16. The Kier molecular flexibility index (Phi) is 7.38. The van der Waals surface area contributed by atoms with Gasteiger partial charge in [0.15, 0.2) is 11.6 Å². The number of aliphatic imine (C=N–C) groups is 1. The number of nitrogens with one attached hydrogen (secondary N) is 2. The van der Waals surface area contributed by atoms with Crippen molar-refractivity contribution in [3.05, 3.63) is 60.3 Å². The Morgan fingerprint density at radius 2 is 2.00 bits per heavy atom. The van der Waals surface area contributed by atoms with Crippen molar-refractivity contribution in [3.63, 3.8) is 0 Å². The van der Waals surface area contributed by atoms with Gasteiger partial charge < -0.3 is 15.4 Å². The third kappa shape index (κ3) is 6.17. The number of pyridine rings is 1. The fourth-order valence-corrected chi connectivity index (χ4v) is 2.86. The lowest BCUT2D eigenvalue weighted by Crippen LogP contribution is -2.38. The minimum atomic E-state index is -0.277. The van der Waals surface area contributed by atoms with Crippen molar-refractivity contribution in [1.82, 2.24) is 25.2 Å². The van der Waals surface area contributed by atoms with Crippen LogP contribution in [0, 0.1) is 5.82 Å². The number of guanidine groups is 1. The van der Waals surface area contributed by atoms with Crippen molar-refractivity contribution >= 4 is 11.6 Å². The van der Waals surface area contributed by atoms with Gasteiger partial charge in [0.2, 0.25) is 0 Å². The number of aryl methyl sites for hydroxylation is 1. The predicted molar refractivity (Wildman–Crippen MR) is 112 cm³/mol. The fraction of sp³-hybridized carbons (Fsp3) is 0.381. The lowest BCUT2D eigenvalue weighted by Gasteiger charge is -2.15. The van der Waals surface area contributed by atoms with Gasteiger partial charge in [-0.15, -0.1) is 10.2 Å². The second-order valence-electron chi connectivity index (χ2n) is 6.68. The Morgan fingerprint density at radius 3 is 2.79 bits per heavy atom. The zero-order chi connectivity index (χ0) is 20.5. The van der Waals surface area contributed by atoms with Crippen molar-refractivity contribution in [1.29, 1.82) is 0 Å². The molecule has 0 aliphatic carbocycles. The normalized spacial score (nSPS) is 12.7. The third-order valence-electron chi connectivity index (χ3n) is 4.26. The van der Waals surface area contributed by atoms with Gasteiger partial charge in [0.25, 0.3) is 0 Å². The topological polar surface area (TPSA) is 75.8 Å². The van der Waals surface area contributed by atoms with Crippen LogP contribution in [0.15, 0.2) is 53.7 Å². The highest BCUT2D eigenvalue weighted by Gasteiger charge is 2.06. The monoisotopic (exact) mass is 398 g/mol. The first kappa shape index (κ1) is 20.6. The predicted octanol–water partition coefficient (Wildman–Crippen LogP) is 2.82. The van der Waals surface area contributed by atoms with E-state index < -0.39 is 0 Å². The van der Waals surface area contributed by atoms with E-state index in [0.717, 1.165) is 43.4 Å². The van der Waals surface area contributed by atoms with Crippen LogP contribution in [0.2, 0.25) is 0 Å². The molecular weight excluding hydrogens is 371 g/mol. The van der Waals surface area contributed by atoms with Crippen molar-refractivity contribution < 1.29 is 9.13 Å². The Bertz CT molecular complexity index is 924. The average molecular weight is 398 g/mol. The number of hydrogen-bond donors (Lipinski definition) is 2. The number of ether oxygens (including phenoxy) is 1. The van der Waals surface area contributed by atoms with E-state index in [0.29, 0.717) is 12.3 Å². The van der Waals surface area contributed by atoms with E-state index in [9.17, 15) is 4.39 Å². The van der Waals surface area contributed by atoms with Gasteiger partial charge in [-0.1, -0.05) is 6.07 Å². The maximum atomic E-state index is 13.0. The van der Waals surface area contributed by atoms with Gasteiger partial charge in [0.1, 0.15) is 23.5 Å². The molecule has 7 nitrogen and oxygen atoms in total. The molecule has 1 aromatic carbocycles. The van der Waals surface area contributed by atoms with E-state index in [1.807, 2.05) is 42.6 Å². The number of aromatic nitrogens is 3. The summed E-state index contributed by atoms with van der Waals surface area (Å²) in [6.45, 7) is 5.99.